The van der Waals surface area contributed by atoms with E-state index in [1.54, 1.807) is 0 Å². The molecule has 1 fully saturated rings. The van der Waals surface area contributed by atoms with Crippen molar-refractivity contribution >= 4 is 23.5 Å². The zero-order valence-corrected chi connectivity index (χ0v) is 17.6. The van der Waals surface area contributed by atoms with E-state index in [-0.39, 0.29) is 18.5 Å². The van der Waals surface area contributed by atoms with Gasteiger partial charge < -0.3 is 15.0 Å². The van der Waals surface area contributed by atoms with Crippen molar-refractivity contribution in [1.82, 2.24) is 10.3 Å². The molecule has 156 valence electrons. The second-order valence-corrected chi connectivity index (χ2v) is 8.24. The summed E-state index contributed by atoms with van der Waals surface area (Å²) in [6.45, 7) is 8.04. The summed E-state index contributed by atoms with van der Waals surface area (Å²) in [5.74, 6) is -0.0453. The number of nitrogens with one attached hydrogen (secondary N) is 1. The average molecular weight is 422 g/mol. The lowest BCUT2D eigenvalue weighted by molar-refractivity contribution is 0.0945. The molecule has 1 N–H and O–H groups in total. The Balaban J connectivity index is 1.84. The van der Waals surface area contributed by atoms with Crippen molar-refractivity contribution in [3.8, 4) is 0 Å². The zero-order valence-electron chi connectivity index (χ0n) is 16.8. The highest BCUT2D eigenvalue weighted by Gasteiger charge is 2.24. The highest BCUT2D eigenvalue weighted by molar-refractivity contribution is 7.99. The lowest BCUT2D eigenvalue weighted by Gasteiger charge is -2.34. The van der Waals surface area contributed by atoms with E-state index in [9.17, 15) is 13.6 Å². The van der Waals surface area contributed by atoms with Gasteiger partial charge in [0.15, 0.2) is 0 Å². The van der Waals surface area contributed by atoms with Gasteiger partial charge in [0.2, 0.25) is 0 Å². The van der Waals surface area contributed by atoms with Crippen molar-refractivity contribution in [2.45, 2.75) is 38.4 Å². The van der Waals surface area contributed by atoms with Crippen LogP contribution in [0.2, 0.25) is 0 Å². The molecule has 3 rings (SSSR count). The van der Waals surface area contributed by atoms with Crippen molar-refractivity contribution in [3.05, 3.63) is 52.6 Å². The summed E-state index contributed by atoms with van der Waals surface area (Å²) in [4.78, 5) is 19.8. The number of aryl methyl sites for hydroxylation is 1. The Morgan fingerprint density at radius 2 is 2.03 bits per heavy atom. The first-order valence-electron chi connectivity index (χ1n) is 9.61. The number of nitrogens with zero attached hydrogens (tertiary/aromatic N) is 2. The molecule has 0 unspecified atom stereocenters. The molecule has 2 aromatic rings. The van der Waals surface area contributed by atoms with Gasteiger partial charge in [-0.15, -0.1) is 11.8 Å². The van der Waals surface area contributed by atoms with Gasteiger partial charge in [-0.2, -0.15) is 0 Å². The minimum atomic E-state index is -0.668. The van der Waals surface area contributed by atoms with Crippen LogP contribution in [0.5, 0.6) is 0 Å². The molecule has 1 atom stereocenters. The van der Waals surface area contributed by atoms with Crippen molar-refractivity contribution in [3.63, 3.8) is 0 Å². The Kier molecular flexibility index (Phi) is 7.08. The van der Waals surface area contributed by atoms with E-state index in [0.29, 0.717) is 29.4 Å². The van der Waals surface area contributed by atoms with Gasteiger partial charge in [-0.3, -0.25) is 4.79 Å². The van der Waals surface area contributed by atoms with Gasteiger partial charge in [-0.05, 0) is 48.9 Å². The summed E-state index contributed by atoms with van der Waals surface area (Å²) < 4.78 is 32.3. The molecule has 0 radical (unpaired) electrons. The van der Waals surface area contributed by atoms with Gasteiger partial charge in [0, 0.05) is 19.2 Å². The molecule has 0 spiro atoms. The minimum absolute atomic E-state index is 0.0332. The fourth-order valence-corrected chi connectivity index (χ4v) is 4.17. The van der Waals surface area contributed by atoms with Crippen molar-refractivity contribution in [1.29, 1.82) is 0 Å². The number of benzene rings is 1. The van der Waals surface area contributed by atoms with Crippen LogP contribution >= 0.6 is 11.8 Å². The van der Waals surface area contributed by atoms with Crippen LogP contribution in [0.4, 0.5) is 14.6 Å². The van der Waals surface area contributed by atoms with Gasteiger partial charge in [0.1, 0.15) is 22.5 Å². The van der Waals surface area contributed by atoms with Gasteiger partial charge in [0.25, 0.3) is 5.91 Å². The maximum Gasteiger partial charge on any atom is 0.254 e. The maximum absolute atomic E-state index is 13.4. The summed E-state index contributed by atoms with van der Waals surface area (Å²) >= 11 is 1.50. The third kappa shape index (κ3) is 5.25. The molecule has 2 heterocycles. The van der Waals surface area contributed by atoms with Crippen LogP contribution in [0.1, 0.15) is 35.3 Å². The monoisotopic (exact) mass is 421 g/mol. The fourth-order valence-electron chi connectivity index (χ4n) is 3.34. The summed E-state index contributed by atoms with van der Waals surface area (Å²) in [7, 11) is 0. The van der Waals surface area contributed by atoms with E-state index in [0.717, 1.165) is 29.7 Å². The standard InChI is InChI=1S/C21H25F2N3O2S/c1-4-29-21-19(20(27)24-11-15-8-16(22)10-17(23)9-15)13(2)7-18(25-21)26-5-6-28-12-14(26)3/h7-10,14H,4-6,11-12H2,1-3H3,(H,24,27)/t14-/m1/s1. The number of pyridine rings is 1. The second kappa shape index (κ2) is 9.54. The van der Waals surface area contributed by atoms with E-state index in [2.05, 4.69) is 17.1 Å². The predicted octanol–water partition coefficient (Wildman–Crippen LogP) is 3.94. The quantitative estimate of drug-likeness (QED) is 0.716. The van der Waals surface area contributed by atoms with E-state index in [4.69, 9.17) is 9.72 Å². The first-order valence-corrected chi connectivity index (χ1v) is 10.6. The molecule has 1 aliphatic rings. The summed E-state index contributed by atoms with van der Waals surface area (Å²) in [5.41, 5.74) is 1.68. The summed E-state index contributed by atoms with van der Waals surface area (Å²) in [6, 6.07) is 5.34. The number of aromatic nitrogens is 1. The molecular formula is C21H25F2N3O2S. The number of morpholine rings is 1. The van der Waals surface area contributed by atoms with E-state index in [1.807, 2.05) is 19.9 Å². The molecule has 29 heavy (non-hydrogen) atoms. The molecule has 1 aromatic heterocycles. The lowest BCUT2D eigenvalue weighted by Crippen LogP contribution is -2.44. The number of carbonyl (C=O) groups excluding carboxylic acids is 1. The first-order chi connectivity index (χ1) is 13.9. The number of carbonyl (C=O) groups is 1. The Morgan fingerprint density at radius 3 is 2.69 bits per heavy atom. The number of ether oxygens (including phenoxy) is 1. The second-order valence-electron chi connectivity index (χ2n) is 6.99. The number of hydrogen-bond acceptors (Lipinski definition) is 5. The Hall–Kier alpha value is -2.19. The van der Waals surface area contributed by atoms with Crippen molar-refractivity contribution < 1.29 is 18.3 Å². The Labute approximate surface area is 173 Å². The molecule has 1 amide bonds. The lowest BCUT2D eigenvalue weighted by atomic mass is 10.1. The van der Waals surface area contributed by atoms with Crippen LogP contribution in [0.3, 0.4) is 0 Å². The van der Waals surface area contributed by atoms with Gasteiger partial charge in [-0.25, -0.2) is 13.8 Å². The number of thioether (sulfide) groups is 1. The van der Waals surface area contributed by atoms with E-state index >= 15 is 0 Å². The molecule has 1 aliphatic heterocycles. The van der Waals surface area contributed by atoms with Gasteiger partial charge >= 0.3 is 0 Å². The zero-order chi connectivity index (χ0) is 21.0. The normalized spacial score (nSPS) is 16.7. The molecule has 5 nitrogen and oxygen atoms in total. The Bertz CT molecular complexity index is 874. The summed E-state index contributed by atoms with van der Waals surface area (Å²) in [6.07, 6.45) is 0. The first kappa shape index (κ1) is 21.5. The topological polar surface area (TPSA) is 54.5 Å². The van der Waals surface area contributed by atoms with Crippen molar-refractivity contribution in [2.24, 2.45) is 0 Å². The number of halogens is 2. The number of anilines is 1. The van der Waals surface area contributed by atoms with E-state index < -0.39 is 11.6 Å². The third-order valence-corrected chi connectivity index (χ3v) is 5.57. The summed E-state index contributed by atoms with van der Waals surface area (Å²) in [5, 5.41) is 3.41. The van der Waals surface area contributed by atoms with E-state index in [1.165, 1.54) is 23.9 Å². The molecule has 1 saturated heterocycles. The number of rotatable bonds is 6. The van der Waals surface area contributed by atoms with Crippen LogP contribution in [0, 0.1) is 18.6 Å². The van der Waals surface area contributed by atoms with Crippen LogP contribution in [-0.2, 0) is 11.3 Å². The average Bonchev–Trinajstić information content (AvgIpc) is 2.66. The van der Waals surface area contributed by atoms with Gasteiger partial charge in [-0.1, -0.05) is 6.92 Å². The van der Waals surface area contributed by atoms with Crippen LogP contribution in [0.15, 0.2) is 29.3 Å². The van der Waals surface area contributed by atoms with Crippen LogP contribution in [0.25, 0.3) is 0 Å². The van der Waals surface area contributed by atoms with Gasteiger partial charge in [0.05, 0.1) is 24.8 Å². The fraction of sp³-hybridized carbons (Fsp3) is 0.429. The molecule has 0 bridgehead atoms. The highest BCUT2D eigenvalue weighted by atomic mass is 32.2. The highest BCUT2D eigenvalue weighted by Crippen LogP contribution is 2.29. The van der Waals surface area contributed by atoms with Crippen LogP contribution in [-0.4, -0.2) is 42.4 Å². The predicted molar refractivity (Wildman–Crippen MR) is 111 cm³/mol. The molecule has 8 heteroatoms. The van der Waals surface area contributed by atoms with Crippen LogP contribution < -0.4 is 10.2 Å². The molecule has 0 aliphatic carbocycles. The SMILES string of the molecule is CCSc1nc(N2CCOC[C@H]2C)cc(C)c1C(=O)NCc1cc(F)cc(F)c1. The third-order valence-electron chi connectivity index (χ3n) is 4.72. The molecular weight excluding hydrogens is 396 g/mol. The molecule has 1 aromatic carbocycles. The molecule has 0 saturated carbocycles. The number of hydrogen-bond donors (Lipinski definition) is 1. The smallest absolute Gasteiger partial charge is 0.254 e. The maximum atomic E-state index is 13.4. The van der Waals surface area contributed by atoms with Crippen molar-refractivity contribution in [2.75, 3.05) is 30.4 Å². The number of amides is 1. The Morgan fingerprint density at radius 1 is 1.31 bits per heavy atom. The largest absolute Gasteiger partial charge is 0.377 e. The minimum Gasteiger partial charge on any atom is -0.377 e.